The topological polar surface area (TPSA) is 54.4 Å². The van der Waals surface area contributed by atoms with E-state index in [-0.39, 0.29) is 34.6 Å². The third-order valence-electron chi connectivity index (χ3n) is 8.81. The standard InChI is InChI=1S/C21H32O3/c1-12(22)16-6-7-17-15-5-4-13-10-14(23)8-9-20(13,2)19(15)18(24)11-21(16,17)3/h13-17,19,23H,4-11H2,1-3H3/t13-,14+,15-,16-,17+,19-,20-,21-/m0/s1. The van der Waals surface area contributed by atoms with Gasteiger partial charge in [0.05, 0.1) is 6.10 Å². The van der Waals surface area contributed by atoms with Crippen LogP contribution < -0.4 is 0 Å². The van der Waals surface area contributed by atoms with Crippen LogP contribution in [0.2, 0.25) is 0 Å². The van der Waals surface area contributed by atoms with Gasteiger partial charge in [0.2, 0.25) is 0 Å². The van der Waals surface area contributed by atoms with E-state index in [0.29, 0.717) is 30.0 Å². The number of carbonyl (C=O) groups is 2. The van der Waals surface area contributed by atoms with Crippen LogP contribution in [0.5, 0.6) is 0 Å². The molecule has 1 N–H and O–H groups in total. The minimum atomic E-state index is -0.169. The molecule has 8 atom stereocenters. The molecule has 0 amide bonds. The summed E-state index contributed by atoms with van der Waals surface area (Å²) in [4.78, 5) is 25.5. The Hall–Kier alpha value is -0.700. The predicted octanol–water partition coefficient (Wildman–Crippen LogP) is 3.77. The number of rotatable bonds is 1. The molecule has 0 aromatic heterocycles. The minimum absolute atomic E-state index is 0.0782. The van der Waals surface area contributed by atoms with Gasteiger partial charge in [-0.3, -0.25) is 9.59 Å². The van der Waals surface area contributed by atoms with Gasteiger partial charge in [0.15, 0.2) is 0 Å². The van der Waals surface area contributed by atoms with Gasteiger partial charge < -0.3 is 5.11 Å². The van der Waals surface area contributed by atoms with Crippen LogP contribution in [0, 0.1) is 40.4 Å². The Morgan fingerprint density at radius 3 is 2.54 bits per heavy atom. The van der Waals surface area contributed by atoms with E-state index in [1.165, 1.54) is 0 Å². The highest BCUT2D eigenvalue weighted by atomic mass is 16.3. The molecule has 4 aliphatic rings. The lowest BCUT2D eigenvalue weighted by Gasteiger charge is -2.59. The van der Waals surface area contributed by atoms with E-state index in [9.17, 15) is 14.7 Å². The molecule has 4 saturated carbocycles. The van der Waals surface area contributed by atoms with Gasteiger partial charge in [-0.2, -0.15) is 0 Å². The van der Waals surface area contributed by atoms with Crippen LogP contribution in [0.15, 0.2) is 0 Å². The molecule has 0 aromatic rings. The van der Waals surface area contributed by atoms with Gasteiger partial charge in [0.25, 0.3) is 0 Å². The monoisotopic (exact) mass is 332 g/mol. The smallest absolute Gasteiger partial charge is 0.137 e. The Morgan fingerprint density at radius 2 is 1.83 bits per heavy atom. The molecule has 4 rings (SSSR count). The first-order valence-electron chi connectivity index (χ1n) is 9.98. The SMILES string of the molecule is CC(=O)[C@@H]1CC[C@@H]2[C@@H]3CC[C@H]4C[C@H](O)CC[C@]4(C)[C@@H]3C(=O)C[C@]21C. The summed E-state index contributed by atoms with van der Waals surface area (Å²) >= 11 is 0. The van der Waals surface area contributed by atoms with E-state index in [4.69, 9.17) is 0 Å². The minimum Gasteiger partial charge on any atom is -0.393 e. The van der Waals surface area contributed by atoms with Crippen LogP contribution in [-0.4, -0.2) is 22.8 Å². The van der Waals surface area contributed by atoms with Crippen molar-refractivity contribution in [3.63, 3.8) is 0 Å². The Labute approximate surface area is 145 Å². The normalized spacial score (nSPS) is 53.9. The van der Waals surface area contributed by atoms with Crippen molar-refractivity contribution in [2.24, 2.45) is 40.4 Å². The average Bonchev–Trinajstić information content (AvgIpc) is 2.84. The van der Waals surface area contributed by atoms with Gasteiger partial charge in [-0.25, -0.2) is 0 Å². The molecule has 3 nitrogen and oxygen atoms in total. The highest BCUT2D eigenvalue weighted by Gasteiger charge is 2.63. The molecule has 24 heavy (non-hydrogen) atoms. The summed E-state index contributed by atoms with van der Waals surface area (Å²) in [6, 6.07) is 0. The van der Waals surface area contributed by atoms with Crippen molar-refractivity contribution >= 4 is 11.6 Å². The molecule has 0 aliphatic heterocycles. The second kappa shape index (κ2) is 5.40. The largest absolute Gasteiger partial charge is 0.393 e. The first kappa shape index (κ1) is 16.8. The van der Waals surface area contributed by atoms with Gasteiger partial charge in [-0.15, -0.1) is 0 Å². The van der Waals surface area contributed by atoms with E-state index in [1.807, 2.05) is 0 Å². The number of hydrogen-bond donors (Lipinski definition) is 1. The quantitative estimate of drug-likeness (QED) is 0.795. The van der Waals surface area contributed by atoms with Crippen LogP contribution in [0.25, 0.3) is 0 Å². The van der Waals surface area contributed by atoms with Crippen LogP contribution in [-0.2, 0) is 9.59 Å². The van der Waals surface area contributed by atoms with Gasteiger partial charge in [-0.1, -0.05) is 13.8 Å². The number of aliphatic hydroxyl groups excluding tert-OH is 1. The van der Waals surface area contributed by atoms with Crippen molar-refractivity contribution in [3.8, 4) is 0 Å². The lowest BCUT2D eigenvalue weighted by atomic mass is 9.44. The molecular formula is C21H32O3. The Bertz CT molecular complexity index is 569. The number of Topliss-reactive ketones (excluding diaryl/α,β-unsaturated/α-hetero) is 2. The maximum absolute atomic E-state index is 13.3. The molecule has 4 aliphatic carbocycles. The van der Waals surface area contributed by atoms with Crippen molar-refractivity contribution in [3.05, 3.63) is 0 Å². The average molecular weight is 332 g/mol. The Morgan fingerprint density at radius 1 is 1.08 bits per heavy atom. The highest BCUT2D eigenvalue weighted by molar-refractivity contribution is 5.87. The molecule has 0 heterocycles. The molecular weight excluding hydrogens is 300 g/mol. The fourth-order valence-electron chi connectivity index (χ4n) is 7.72. The van der Waals surface area contributed by atoms with E-state index in [0.717, 1.165) is 44.9 Å². The second-order valence-corrected chi connectivity index (χ2v) is 9.85. The zero-order valence-electron chi connectivity index (χ0n) is 15.4. The summed E-state index contributed by atoms with van der Waals surface area (Å²) in [5, 5.41) is 10.1. The zero-order chi connectivity index (χ0) is 17.3. The number of aliphatic hydroxyl groups is 1. The maximum atomic E-state index is 13.3. The van der Waals surface area contributed by atoms with Crippen molar-refractivity contribution < 1.29 is 14.7 Å². The second-order valence-electron chi connectivity index (χ2n) is 9.85. The maximum Gasteiger partial charge on any atom is 0.137 e. The summed E-state index contributed by atoms with van der Waals surface area (Å²) in [7, 11) is 0. The summed E-state index contributed by atoms with van der Waals surface area (Å²) in [6.45, 7) is 6.28. The lowest BCUT2D eigenvalue weighted by Crippen LogP contribution is -2.58. The van der Waals surface area contributed by atoms with Gasteiger partial charge >= 0.3 is 0 Å². The van der Waals surface area contributed by atoms with Gasteiger partial charge in [0.1, 0.15) is 11.6 Å². The van der Waals surface area contributed by atoms with E-state index in [1.54, 1.807) is 6.92 Å². The van der Waals surface area contributed by atoms with Crippen molar-refractivity contribution in [2.45, 2.75) is 78.2 Å². The molecule has 134 valence electrons. The molecule has 0 spiro atoms. The molecule has 0 saturated heterocycles. The zero-order valence-corrected chi connectivity index (χ0v) is 15.4. The number of carbonyl (C=O) groups excluding carboxylic acids is 2. The summed E-state index contributed by atoms with van der Waals surface area (Å²) in [5.41, 5.74) is -0.0175. The molecule has 0 radical (unpaired) electrons. The summed E-state index contributed by atoms with van der Waals surface area (Å²) in [6.07, 6.45) is 7.53. The third kappa shape index (κ3) is 2.12. The first-order chi connectivity index (χ1) is 11.3. The van der Waals surface area contributed by atoms with E-state index < -0.39 is 0 Å². The number of hydrogen-bond acceptors (Lipinski definition) is 3. The summed E-state index contributed by atoms with van der Waals surface area (Å²) in [5.74, 6) is 2.48. The van der Waals surface area contributed by atoms with Crippen LogP contribution >= 0.6 is 0 Å². The number of ketones is 2. The third-order valence-corrected chi connectivity index (χ3v) is 8.81. The fourth-order valence-corrected chi connectivity index (χ4v) is 7.72. The van der Waals surface area contributed by atoms with Gasteiger partial charge in [0, 0.05) is 18.3 Å². The Kier molecular flexibility index (Phi) is 3.77. The van der Waals surface area contributed by atoms with Crippen molar-refractivity contribution in [2.75, 3.05) is 0 Å². The molecule has 0 bridgehead atoms. The molecule has 3 heteroatoms. The van der Waals surface area contributed by atoms with E-state index >= 15 is 0 Å². The lowest BCUT2D eigenvalue weighted by molar-refractivity contribution is -0.162. The predicted molar refractivity (Wildman–Crippen MR) is 92.3 cm³/mol. The Balaban J connectivity index is 1.68. The molecule has 0 aromatic carbocycles. The van der Waals surface area contributed by atoms with Crippen LogP contribution in [0.3, 0.4) is 0 Å². The van der Waals surface area contributed by atoms with Gasteiger partial charge in [-0.05, 0) is 80.5 Å². The highest BCUT2D eigenvalue weighted by Crippen LogP contribution is 2.66. The van der Waals surface area contributed by atoms with Crippen LogP contribution in [0.1, 0.15) is 72.1 Å². The molecule has 0 unspecified atom stereocenters. The number of fused-ring (bicyclic) bond motifs is 5. The van der Waals surface area contributed by atoms with Crippen molar-refractivity contribution in [1.29, 1.82) is 0 Å². The summed E-state index contributed by atoms with van der Waals surface area (Å²) < 4.78 is 0. The first-order valence-corrected chi connectivity index (χ1v) is 9.98. The van der Waals surface area contributed by atoms with E-state index in [2.05, 4.69) is 13.8 Å². The molecule has 4 fully saturated rings. The fraction of sp³-hybridized carbons (Fsp3) is 0.905. The van der Waals surface area contributed by atoms with Crippen molar-refractivity contribution in [1.82, 2.24) is 0 Å². The van der Waals surface area contributed by atoms with Crippen LogP contribution in [0.4, 0.5) is 0 Å².